The number of hydrogen-bond donors (Lipinski definition) is 0. The molecule has 0 unspecified atom stereocenters. The SMILES string of the molecule is CCCCc1nnn(Cc2ccccc2)c1-c1ccc(C(=O)OCC)cc1. The highest BCUT2D eigenvalue weighted by Crippen LogP contribution is 2.25. The minimum Gasteiger partial charge on any atom is -0.462 e. The summed E-state index contributed by atoms with van der Waals surface area (Å²) < 4.78 is 7.01. The first kappa shape index (κ1) is 18.8. The number of nitrogens with zero attached hydrogens (tertiary/aromatic N) is 3. The van der Waals surface area contributed by atoms with Gasteiger partial charge in [0.25, 0.3) is 0 Å². The fraction of sp³-hybridized carbons (Fsp3) is 0.318. The van der Waals surface area contributed by atoms with Crippen molar-refractivity contribution >= 4 is 5.97 Å². The summed E-state index contributed by atoms with van der Waals surface area (Å²) in [6, 6.07) is 17.7. The number of carbonyl (C=O) groups is 1. The van der Waals surface area contributed by atoms with Crippen molar-refractivity contribution in [2.24, 2.45) is 0 Å². The smallest absolute Gasteiger partial charge is 0.338 e. The van der Waals surface area contributed by atoms with Crippen molar-refractivity contribution in [1.82, 2.24) is 15.0 Å². The maximum atomic E-state index is 11.9. The van der Waals surface area contributed by atoms with Gasteiger partial charge in [-0.2, -0.15) is 0 Å². The van der Waals surface area contributed by atoms with Crippen LogP contribution in [-0.4, -0.2) is 27.6 Å². The molecule has 0 radical (unpaired) electrons. The zero-order chi connectivity index (χ0) is 19.1. The molecule has 2 aromatic carbocycles. The monoisotopic (exact) mass is 363 g/mol. The van der Waals surface area contributed by atoms with Gasteiger partial charge in [0, 0.05) is 5.56 Å². The molecule has 0 aliphatic carbocycles. The summed E-state index contributed by atoms with van der Waals surface area (Å²) in [5, 5.41) is 8.84. The van der Waals surface area contributed by atoms with Crippen LogP contribution in [0.25, 0.3) is 11.3 Å². The number of aromatic nitrogens is 3. The Bertz CT molecular complexity index is 870. The lowest BCUT2D eigenvalue weighted by Gasteiger charge is -2.10. The quantitative estimate of drug-likeness (QED) is 0.553. The first-order valence-corrected chi connectivity index (χ1v) is 9.46. The molecule has 1 heterocycles. The molecule has 5 heteroatoms. The lowest BCUT2D eigenvalue weighted by molar-refractivity contribution is 0.0526. The van der Waals surface area contributed by atoms with E-state index in [9.17, 15) is 4.79 Å². The molecule has 0 aliphatic rings. The van der Waals surface area contributed by atoms with Gasteiger partial charge in [-0.25, -0.2) is 9.48 Å². The normalized spacial score (nSPS) is 10.7. The number of ether oxygens (including phenoxy) is 1. The molecule has 0 aliphatic heterocycles. The van der Waals surface area contributed by atoms with Crippen LogP contribution < -0.4 is 0 Å². The van der Waals surface area contributed by atoms with Crippen LogP contribution in [0.15, 0.2) is 54.6 Å². The average Bonchev–Trinajstić information content (AvgIpc) is 3.09. The molecule has 0 spiro atoms. The molecule has 0 N–H and O–H groups in total. The standard InChI is InChI=1S/C22H25N3O2/c1-3-5-11-20-21(18-12-14-19(15-13-18)22(26)27-4-2)25(24-23-20)16-17-9-7-6-8-10-17/h6-10,12-15H,3-5,11,16H2,1-2H3. The molecular formula is C22H25N3O2. The van der Waals surface area contributed by atoms with Crippen LogP contribution >= 0.6 is 0 Å². The Hall–Kier alpha value is -2.95. The Kier molecular flexibility index (Phi) is 6.36. The molecule has 3 rings (SSSR count). The van der Waals surface area contributed by atoms with Gasteiger partial charge in [-0.05, 0) is 37.5 Å². The molecule has 27 heavy (non-hydrogen) atoms. The summed E-state index contributed by atoms with van der Waals surface area (Å²) in [5.41, 5.74) is 4.75. The first-order chi connectivity index (χ1) is 13.2. The number of aryl methyl sites for hydroxylation is 1. The van der Waals surface area contributed by atoms with Crippen LogP contribution in [-0.2, 0) is 17.7 Å². The number of hydrogen-bond acceptors (Lipinski definition) is 4. The van der Waals surface area contributed by atoms with Crippen LogP contribution in [0.2, 0.25) is 0 Å². The second kappa shape index (κ2) is 9.12. The van der Waals surface area contributed by atoms with Gasteiger partial charge < -0.3 is 4.74 Å². The summed E-state index contributed by atoms with van der Waals surface area (Å²) >= 11 is 0. The number of rotatable bonds is 8. The topological polar surface area (TPSA) is 57.0 Å². The van der Waals surface area contributed by atoms with Crippen molar-refractivity contribution in [2.45, 2.75) is 39.7 Å². The Balaban J connectivity index is 1.93. The van der Waals surface area contributed by atoms with Crippen molar-refractivity contribution in [3.8, 4) is 11.3 Å². The highest BCUT2D eigenvalue weighted by molar-refractivity contribution is 5.90. The third-order valence-electron chi connectivity index (χ3n) is 4.42. The van der Waals surface area contributed by atoms with E-state index in [2.05, 4.69) is 29.4 Å². The van der Waals surface area contributed by atoms with Gasteiger partial charge in [0.1, 0.15) is 0 Å². The minimum absolute atomic E-state index is 0.300. The Morgan fingerprint density at radius 1 is 1.04 bits per heavy atom. The third-order valence-corrected chi connectivity index (χ3v) is 4.42. The zero-order valence-electron chi connectivity index (χ0n) is 15.9. The van der Waals surface area contributed by atoms with Crippen molar-refractivity contribution in [3.63, 3.8) is 0 Å². The molecule has 0 atom stereocenters. The molecule has 0 saturated carbocycles. The van der Waals surface area contributed by atoms with Crippen LogP contribution in [0.5, 0.6) is 0 Å². The molecule has 0 amide bonds. The van der Waals surface area contributed by atoms with E-state index in [1.54, 1.807) is 19.1 Å². The second-order valence-corrected chi connectivity index (χ2v) is 6.43. The predicted molar refractivity (Wildman–Crippen MR) is 106 cm³/mol. The summed E-state index contributed by atoms with van der Waals surface area (Å²) in [6.07, 6.45) is 3.06. The van der Waals surface area contributed by atoms with Gasteiger partial charge in [-0.15, -0.1) is 5.10 Å². The number of carbonyl (C=O) groups excluding carboxylic acids is 1. The van der Waals surface area contributed by atoms with Gasteiger partial charge in [-0.3, -0.25) is 0 Å². The van der Waals surface area contributed by atoms with E-state index in [-0.39, 0.29) is 5.97 Å². The van der Waals surface area contributed by atoms with E-state index in [4.69, 9.17) is 4.74 Å². The van der Waals surface area contributed by atoms with E-state index in [1.165, 1.54) is 5.56 Å². The highest BCUT2D eigenvalue weighted by Gasteiger charge is 2.16. The van der Waals surface area contributed by atoms with Crippen LogP contribution in [0.1, 0.15) is 48.3 Å². The zero-order valence-corrected chi connectivity index (χ0v) is 15.9. The maximum Gasteiger partial charge on any atom is 0.338 e. The maximum absolute atomic E-state index is 11.9. The molecule has 0 fully saturated rings. The number of esters is 1. The molecular weight excluding hydrogens is 338 g/mol. The van der Waals surface area contributed by atoms with E-state index in [0.29, 0.717) is 18.7 Å². The van der Waals surface area contributed by atoms with Gasteiger partial charge in [0.15, 0.2) is 0 Å². The minimum atomic E-state index is -0.300. The summed E-state index contributed by atoms with van der Waals surface area (Å²) in [5.74, 6) is -0.300. The van der Waals surface area contributed by atoms with Crippen LogP contribution in [0, 0.1) is 0 Å². The summed E-state index contributed by atoms with van der Waals surface area (Å²) in [6.45, 7) is 5.01. The molecule has 0 bridgehead atoms. The van der Waals surface area contributed by atoms with E-state index >= 15 is 0 Å². The van der Waals surface area contributed by atoms with E-state index in [1.807, 2.05) is 35.0 Å². The van der Waals surface area contributed by atoms with Crippen molar-refractivity contribution in [1.29, 1.82) is 0 Å². The van der Waals surface area contributed by atoms with Crippen LogP contribution in [0.3, 0.4) is 0 Å². The fourth-order valence-corrected chi connectivity index (χ4v) is 3.02. The predicted octanol–water partition coefficient (Wildman–Crippen LogP) is 4.51. The van der Waals surface area contributed by atoms with Crippen molar-refractivity contribution < 1.29 is 9.53 Å². The lowest BCUT2D eigenvalue weighted by atomic mass is 10.0. The van der Waals surface area contributed by atoms with E-state index < -0.39 is 0 Å². The summed E-state index contributed by atoms with van der Waals surface area (Å²) in [7, 11) is 0. The molecule has 5 nitrogen and oxygen atoms in total. The lowest BCUT2D eigenvalue weighted by Crippen LogP contribution is -2.06. The fourth-order valence-electron chi connectivity index (χ4n) is 3.02. The molecule has 1 aromatic heterocycles. The van der Waals surface area contributed by atoms with Gasteiger partial charge >= 0.3 is 5.97 Å². The second-order valence-electron chi connectivity index (χ2n) is 6.43. The Morgan fingerprint density at radius 3 is 2.44 bits per heavy atom. The summed E-state index contributed by atoms with van der Waals surface area (Å²) in [4.78, 5) is 11.9. The number of benzene rings is 2. The van der Waals surface area contributed by atoms with Gasteiger partial charge in [0.2, 0.25) is 0 Å². The Labute approximate surface area is 160 Å². The highest BCUT2D eigenvalue weighted by atomic mass is 16.5. The molecule has 140 valence electrons. The largest absolute Gasteiger partial charge is 0.462 e. The Morgan fingerprint density at radius 2 is 1.78 bits per heavy atom. The molecule has 0 saturated heterocycles. The molecule has 3 aromatic rings. The van der Waals surface area contributed by atoms with Gasteiger partial charge in [-0.1, -0.05) is 61.0 Å². The third kappa shape index (κ3) is 4.61. The van der Waals surface area contributed by atoms with Crippen molar-refractivity contribution in [2.75, 3.05) is 6.61 Å². The number of unbranched alkanes of at least 4 members (excludes halogenated alkanes) is 1. The van der Waals surface area contributed by atoms with Gasteiger partial charge in [0.05, 0.1) is 30.1 Å². The van der Waals surface area contributed by atoms with Crippen LogP contribution in [0.4, 0.5) is 0 Å². The van der Waals surface area contributed by atoms with E-state index in [0.717, 1.165) is 36.2 Å². The van der Waals surface area contributed by atoms with Crippen molar-refractivity contribution in [3.05, 3.63) is 71.4 Å². The first-order valence-electron chi connectivity index (χ1n) is 9.46. The average molecular weight is 363 g/mol.